The zero-order valence-electron chi connectivity index (χ0n) is 20.5. The Bertz CT molecular complexity index is 566. The Morgan fingerprint density at radius 1 is 1.19 bits per heavy atom. The van der Waals surface area contributed by atoms with Gasteiger partial charge in [-0.3, -0.25) is 0 Å². The van der Waals surface area contributed by atoms with E-state index in [1.54, 1.807) is 13.8 Å². The largest absolute Gasteiger partial charge is 0.379 e. The molecule has 1 atom stereocenters. The Labute approximate surface area is 193 Å². The highest BCUT2D eigenvalue weighted by Gasteiger charge is 2.09. The molecule has 31 heavy (non-hydrogen) atoms. The molecule has 1 unspecified atom stereocenters. The van der Waals surface area contributed by atoms with E-state index >= 15 is 0 Å². The number of hydrogen-bond acceptors (Lipinski definition) is 7. The van der Waals surface area contributed by atoms with Gasteiger partial charge in [0.15, 0.2) is 11.6 Å². The number of ether oxygens (including phenoxy) is 2. The van der Waals surface area contributed by atoms with Gasteiger partial charge in [0.2, 0.25) is 0 Å². The van der Waals surface area contributed by atoms with E-state index in [0.29, 0.717) is 17.9 Å². The molecule has 0 bridgehead atoms. The minimum Gasteiger partial charge on any atom is -0.379 e. The molecular weight excluding hydrogens is 420 g/mol. The lowest BCUT2D eigenvalue weighted by atomic mass is 10.2. The lowest BCUT2D eigenvalue weighted by Crippen LogP contribution is -2.22. The summed E-state index contributed by atoms with van der Waals surface area (Å²) < 4.78 is 9.94. The van der Waals surface area contributed by atoms with Gasteiger partial charge in [0.1, 0.15) is 11.5 Å². The standard InChI is InChI=1S/C10H13ClN2.C5H12O2.C5H10O.C3H8O2/c1-3-4-5-6-9-8(2)12-7-13-10(9)11;1-4-7-5(2,3)6;1-5-3-2-4-6-5;1-3(2,4)5/h5-7H,3-4H2,1-2H3;6H,4H2,1-3H3;5H,2-4H2,1H3;4-5H,1-2H3/b6-5-;;;. The molecule has 1 saturated heterocycles. The highest BCUT2D eigenvalue weighted by molar-refractivity contribution is 6.30. The Balaban J connectivity index is 0. The molecule has 0 amide bonds. The maximum Gasteiger partial charge on any atom is 0.159 e. The zero-order chi connectivity index (χ0) is 24.5. The van der Waals surface area contributed by atoms with Gasteiger partial charge in [-0.05, 0) is 67.7 Å². The van der Waals surface area contributed by atoms with Crippen molar-refractivity contribution in [2.75, 3.05) is 13.2 Å². The van der Waals surface area contributed by atoms with Gasteiger partial charge in [0.05, 0.1) is 6.10 Å². The number of halogens is 1. The van der Waals surface area contributed by atoms with Gasteiger partial charge in [0.25, 0.3) is 0 Å². The number of allylic oxidation sites excluding steroid dienone is 1. The van der Waals surface area contributed by atoms with Gasteiger partial charge in [-0.15, -0.1) is 0 Å². The van der Waals surface area contributed by atoms with E-state index in [1.165, 1.54) is 33.0 Å². The molecule has 0 aliphatic carbocycles. The predicted molar refractivity (Wildman–Crippen MR) is 127 cm³/mol. The second kappa shape index (κ2) is 17.5. The number of rotatable bonds is 5. The average Bonchev–Trinajstić information content (AvgIpc) is 3.07. The van der Waals surface area contributed by atoms with Crippen LogP contribution in [0.1, 0.15) is 85.4 Å². The third kappa shape index (κ3) is 25.0. The van der Waals surface area contributed by atoms with Crippen molar-refractivity contribution in [1.82, 2.24) is 9.97 Å². The van der Waals surface area contributed by atoms with Crippen LogP contribution in [0.4, 0.5) is 0 Å². The summed E-state index contributed by atoms with van der Waals surface area (Å²) in [7, 11) is 0. The van der Waals surface area contributed by atoms with Gasteiger partial charge in [-0.25, -0.2) is 9.97 Å². The Hall–Kier alpha value is -1.09. The molecule has 8 heteroatoms. The SMILES string of the molecule is CC(C)(O)O.CC1CCCO1.CCC/C=C\c1c(C)ncnc1Cl.CCOC(C)(C)O. The highest BCUT2D eigenvalue weighted by atomic mass is 35.5. The van der Waals surface area contributed by atoms with Crippen molar-refractivity contribution in [2.24, 2.45) is 0 Å². The van der Waals surface area contributed by atoms with E-state index in [-0.39, 0.29) is 0 Å². The first-order chi connectivity index (χ1) is 14.2. The summed E-state index contributed by atoms with van der Waals surface area (Å²) in [6, 6.07) is 0. The second-order valence-electron chi connectivity index (χ2n) is 8.05. The molecule has 1 aromatic heterocycles. The van der Waals surface area contributed by atoms with Crippen molar-refractivity contribution < 1.29 is 24.8 Å². The molecule has 1 aromatic rings. The predicted octanol–water partition coefficient (Wildman–Crippen LogP) is 4.90. The summed E-state index contributed by atoms with van der Waals surface area (Å²) in [6.07, 6.45) is 10.8. The summed E-state index contributed by atoms with van der Waals surface area (Å²) in [5.41, 5.74) is 1.85. The van der Waals surface area contributed by atoms with E-state index in [1.807, 2.05) is 19.9 Å². The van der Waals surface area contributed by atoms with Gasteiger partial charge in [-0.2, -0.15) is 0 Å². The molecular formula is C23H43ClN2O5. The molecule has 2 rings (SSSR count). The summed E-state index contributed by atoms with van der Waals surface area (Å²) in [5, 5.41) is 25.5. The summed E-state index contributed by atoms with van der Waals surface area (Å²) >= 11 is 5.91. The van der Waals surface area contributed by atoms with Crippen molar-refractivity contribution in [3.05, 3.63) is 28.8 Å². The van der Waals surface area contributed by atoms with Crippen molar-refractivity contribution in [2.45, 2.75) is 98.8 Å². The van der Waals surface area contributed by atoms with Gasteiger partial charge >= 0.3 is 0 Å². The molecule has 0 aromatic carbocycles. The quantitative estimate of drug-likeness (QED) is 0.422. The third-order valence-electron chi connectivity index (χ3n) is 3.43. The molecule has 0 spiro atoms. The first-order valence-electron chi connectivity index (χ1n) is 10.8. The van der Waals surface area contributed by atoms with Crippen LogP contribution in [0.3, 0.4) is 0 Å². The monoisotopic (exact) mass is 462 g/mol. The molecule has 1 fully saturated rings. The molecule has 0 saturated carbocycles. The number of aliphatic hydroxyl groups is 3. The summed E-state index contributed by atoms with van der Waals surface area (Å²) in [4.78, 5) is 7.99. The molecule has 182 valence electrons. The molecule has 2 heterocycles. The summed E-state index contributed by atoms with van der Waals surface area (Å²) in [5.74, 6) is -2.45. The zero-order valence-corrected chi connectivity index (χ0v) is 21.2. The van der Waals surface area contributed by atoms with Crippen LogP contribution in [-0.4, -0.2) is 56.2 Å². The fourth-order valence-electron chi connectivity index (χ4n) is 2.10. The van der Waals surface area contributed by atoms with Gasteiger partial charge in [0, 0.05) is 24.5 Å². The van der Waals surface area contributed by atoms with Crippen LogP contribution in [0, 0.1) is 6.92 Å². The topological polar surface area (TPSA) is 105 Å². The lowest BCUT2D eigenvalue weighted by molar-refractivity contribution is -0.172. The van der Waals surface area contributed by atoms with Crippen LogP contribution >= 0.6 is 11.6 Å². The molecule has 7 nitrogen and oxygen atoms in total. The van der Waals surface area contributed by atoms with E-state index in [9.17, 15) is 0 Å². The highest BCUT2D eigenvalue weighted by Crippen LogP contribution is 2.16. The number of aromatic nitrogens is 2. The molecule has 1 aliphatic heterocycles. The van der Waals surface area contributed by atoms with Crippen LogP contribution in [0.15, 0.2) is 12.4 Å². The second-order valence-corrected chi connectivity index (χ2v) is 8.41. The average molecular weight is 463 g/mol. The van der Waals surface area contributed by atoms with Crippen molar-refractivity contribution in [3.8, 4) is 0 Å². The first-order valence-corrected chi connectivity index (χ1v) is 11.1. The van der Waals surface area contributed by atoms with E-state index < -0.39 is 11.6 Å². The van der Waals surface area contributed by atoms with Crippen molar-refractivity contribution in [3.63, 3.8) is 0 Å². The molecule has 3 N–H and O–H groups in total. The number of nitrogens with zero attached hydrogens (tertiary/aromatic N) is 2. The first kappa shape index (κ1) is 32.1. The van der Waals surface area contributed by atoms with E-state index in [4.69, 9.17) is 36.4 Å². The normalized spacial score (nSPS) is 15.9. The minimum atomic E-state index is -1.50. The third-order valence-corrected chi connectivity index (χ3v) is 3.73. The summed E-state index contributed by atoms with van der Waals surface area (Å²) in [6.45, 7) is 15.4. The van der Waals surface area contributed by atoms with Gasteiger partial charge in [-0.1, -0.05) is 37.1 Å². The van der Waals surface area contributed by atoms with Crippen LogP contribution in [-0.2, 0) is 9.47 Å². The fraction of sp³-hybridized carbons (Fsp3) is 0.739. The maximum absolute atomic E-state index is 8.80. The molecule has 0 radical (unpaired) electrons. The van der Waals surface area contributed by atoms with Crippen LogP contribution < -0.4 is 0 Å². The van der Waals surface area contributed by atoms with Gasteiger partial charge < -0.3 is 24.8 Å². The van der Waals surface area contributed by atoms with Crippen molar-refractivity contribution >= 4 is 17.7 Å². The Kier molecular flexibility index (Phi) is 18.1. The smallest absolute Gasteiger partial charge is 0.159 e. The number of hydrogen-bond donors (Lipinski definition) is 3. The van der Waals surface area contributed by atoms with Crippen LogP contribution in [0.2, 0.25) is 5.15 Å². The van der Waals surface area contributed by atoms with E-state index in [0.717, 1.165) is 30.7 Å². The maximum atomic E-state index is 8.80. The van der Waals surface area contributed by atoms with Crippen LogP contribution in [0.25, 0.3) is 6.08 Å². The number of unbranched alkanes of at least 4 members (excludes halogenated alkanes) is 1. The lowest BCUT2D eigenvalue weighted by Gasteiger charge is -2.15. The number of aryl methyl sites for hydroxylation is 1. The van der Waals surface area contributed by atoms with Crippen molar-refractivity contribution in [1.29, 1.82) is 0 Å². The molecule has 1 aliphatic rings. The van der Waals surface area contributed by atoms with Crippen LogP contribution in [0.5, 0.6) is 0 Å². The fourth-order valence-corrected chi connectivity index (χ4v) is 2.35. The Morgan fingerprint density at radius 2 is 1.77 bits per heavy atom. The minimum absolute atomic E-state index is 0.528. The van der Waals surface area contributed by atoms with E-state index in [2.05, 4.69) is 29.9 Å². The Morgan fingerprint density at radius 3 is 2.06 bits per heavy atom.